The predicted molar refractivity (Wildman–Crippen MR) is 80.0 cm³/mol. The summed E-state index contributed by atoms with van der Waals surface area (Å²) in [4.78, 5) is 13.0. The second kappa shape index (κ2) is 5.74. The summed E-state index contributed by atoms with van der Waals surface area (Å²) in [6.45, 7) is 0. The normalized spacial score (nSPS) is 10.4. The van der Waals surface area contributed by atoms with Crippen LogP contribution < -0.4 is 11.5 Å². The van der Waals surface area contributed by atoms with Gasteiger partial charge in [0.05, 0.1) is 15.6 Å². The number of amides is 1. The maximum atomic E-state index is 11.2. The molecule has 4 N–H and O–H groups in total. The number of rotatable bonds is 3. The van der Waals surface area contributed by atoms with Gasteiger partial charge in [-0.05, 0) is 36.4 Å². The van der Waals surface area contributed by atoms with Gasteiger partial charge in [0, 0.05) is 15.5 Å². The van der Waals surface area contributed by atoms with E-state index in [4.69, 9.17) is 34.7 Å². The van der Waals surface area contributed by atoms with Gasteiger partial charge in [-0.25, -0.2) is 0 Å². The summed E-state index contributed by atoms with van der Waals surface area (Å²) < 4.78 is 0. The molecule has 0 heterocycles. The topological polar surface area (TPSA) is 69.1 Å². The van der Waals surface area contributed by atoms with Crippen LogP contribution in [0.4, 0.5) is 5.69 Å². The maximum absolute atomic E-state index is 11.2. The standard InChI is InChI=1S/C13H10Cl2N2OS/c14-10-3-1-8(6-11(10)15)19-7-2-4-12(16)9(5-7)13(17)18/h1-6H,16H2,(H2,17,18). The predicted octanol–water partition coefficient (Wildman–Crippen LogP) is 3.83. The Bertz CT molecular complexity index is 647. The summed E-state index contributed by atoms with van der Waals surface area (Å²) in [6, 6.07) is 10.5. The van der Waals surface area contributed by atoms with Gasteiger partial charge in [-0.3, -0.25) is 4.79 Å². The van der Waals surface area contributed by atoms with Crippen LogP contribution in [0.1, 0.15) is 10.4 Å². The van der Waals surface area contributed by atoms with Crippen molar-refractivity contribution in [2.24, 2.45) is 5.73 Å². The van der Waals surface area contributed by atoms with Crippen LogP contribution in [0, 0.1) is 0 Å². The molecule has 0 radical (unpaired) electrons. The molecule has 2 aromatic rings. The Morgan fingerprint density at radius 1 is 1.00 bits per heavy atom. The van der Waals surface area contributed by atoms with E-state index in [1.807, 2.05) is 12.1 Å². The number of anilines is 1. The van der Waals surface area contributed by atoms with Gasteiger partial charge in [0.15, 0.2) is 0 Å². The Balaban J connectivity index is 2.30. The number of hydrogen-bond donors (Lipinski definition) is 2. The summed E-state index contributed by atoms with van der Waals surface area (Å²) in [7, 11) is 0. The van der Waals surface area contributed by atoms with Crippen LogP contribution >= 0.6 is 35.0 Å². The van der Waals surface area contributed by atoms with E-state index >= 15 is 0 Å². The smallest absolute Gasteiger partial charge is 0.250 e. The first-order chi connectivity index (χ1) is 8.97. The molecule has 0 spiro atoms. The second-order valence-corrected chi connectivity index (χ2v) is 5.75. The average molecular weight is 313 g/mol. The van der Waals surface area contributed by atoms with Crippen molar-refractivity contribution in [3.8, 4) is 0 Å². The number of halogens is 2. The van der Waals surface area contributed by atoms with Crippen LogP contribution in [0.25, 0.3) is 0 Å². The van der Waals surface area contributed by atoms with E-state index in [1.165, 1.54) is 11.8 Å². The number of nitrogen functional groups attached to an aromatic ring is 1. The summed E-state index contributed by atoms with van der Waals surface area (Å²) >= 11 is 13.2. The molecule has 98 valence electrons. The minimum absolute atomic E-state index is 0.310. The maximum Gasteiger partial charge on any atom is 0.250 e. The first kappa shape index (κ1) is 14.1. The fraction of sp³-hybridized carbons (Fsp3) is 0. The van der Waals surface area contributed by atoms with Gasteiger partial charge in [-0.2, -0.15) is 0 Å². The Kier molecular flexibility index (Phi) is 4.24. The van der Waals surface area contributed by atoms with Crippen molar-refractivity contribution < 1.29 is 4.79 Å². The molecule has 6 heteroatoms. The van der Waals surface area contributed by atoms with Crippen molar-refractivity contribution in [1.29, 1.82) is 0 Å². The van der Waals surface area contributed by atoms with Gasteiger partial charge in [0.25, 0.3) is 5.91 Å². The highest BCUT2D eigenvalue weighted by Crippen LogP contribution is 2.33. The van der Waals surface area contributed by atoms with Crippen molar-refractivity contribution in [3.05, 3.63) is 52.0 Å². The molecule has 0 saturated heterocycles. The van der Waals surface area contributed by atoms with Crippen molar-refractivity contribution in [1.82, 2.24) is 0 Å². The van der Waals surface area contributed by atoms with E-state index in [1.54, 1.807) is 24.3 Å². The first-order valence-corrected chi connectivity index (χ1v) is 6.87. The number of nitrogens with two attached hydrogens (primary N) is 2. The molecule has 0 atom stereocenters. The van der Waals surface area contributed by atoms with Crippen molar-refractivity contribution in [3.63, 3.8) is 0 Å². The highest BCUT2D eigenvalue weighted by molar-refractivity contribution is 7.99. The van der Waals surface area contributed by atoms with Gasteiger partial charge < -0.3 is 11.5 Å². The fourth-order valence-electron chi connectivity index (χ4n) is 1.49. The summed E-state index contributed by atoms with van der Waals surface area (Å²) in [5, 5.41) is 0.985. The first-order valence-electron chi connectivity index (χ1n) is 5.29. The average Bonchev–Trinajstić information content (AvgIpc) is 2.36. The van der Waals surface area contributed by atoms with E-state index in [-0.39, 0.29) is 0 Å². The Morgan fingerprint density at radius 2 is 1.63 bits per heavy atom. The third-order valence-corrected chi connectivity index (χ3v) is 4.14. The molecule has 0 bridgehead atoms. The molecule has 1 amide bonds. The fourth-order valence-corrected chi connectivity index (χ4v) is 2.75. The zero-order valence-electron chi connectivity index (χ0n) is 9.69. The molecule has 0 aliphatic heterocycles. The molecule has 0 aliphatic rings. The third-order valence-electron chi connectivity index (χ3n) is 2.42. The number of carbonyl (C=O) groups is 1. The lowest BCUT2D eigenvalue weighted by Gasteiger charge is -2.06. The third kappa shape index (κ3) is 3.35. The van der Waals surface area contributed by atoms with Gasteiger partial charge >= 0.3 is 0 Å². The molecule has 19 heavy (non-hydrogen) atoms. The van der Waals surface area contributed by atoms with Crippen molar-refractivity contribution in [2.45, 2.75) is 9.79 Å². The second-order valence-electron chi connectivity index (χ2n) is 3.79. The largest absolute Gasteiger partial charge is 0.398 e. The molecule has 2 aromatic carbocycles. The van der Waals surface area contributed by atoms with Crippen LogP contribution in [0.2, 0.25) is 10.0 Å². The Morgan fingerprint density at radius 3 is 2.26 bits per heavy atom. The van der Waals surface area contributed by atoms with E-state index in [0.717, 1.165) is 9.79 Å². The monoisotopic (exact) mass is 312 g/mol. The SMILES string of the molecule is NC(=O)c1cc(Sc2ccc(Cl)c(Cl)c2)ccc1N. The highest BCUT2D eigenvalue weighted by Gasteiger charge is 2.08. The Labute approximate surface area is 124 Å². The molecule has 3 nitrogen and oxygen atoms in total. The summed E-state index contributed by atoms with van der Waals surface area (Å²) in [6.07, 6.45) is 0. The van der Waals surface area contributed by atoms with E-state index in [2.05, 4.69) is 0 Å². The quantitative estimate of drug-likeness (QED) is 0.846. The molecule has 0 aromatic heterocycles. The van der Waals surface area contributed by atoms with Crippen LogP contribution in [0.3, 0.4) is 0 Å². The summed E-state index contributed by atoms with van der Waals surface area (Å²) in [5.74, 6) is -0.547. The van der Waals surface area contributed by atoms with E-state index in [9.17, 15) is 4.79 Å². The number of primary amides is 1. The molecule has 2 rings (SSSR count). The molecule has 0 saturated carbocycles. The Hall–Kier alpha value is -1.36. The number of carbonyl (C=O) groups excluding carboxylic acids is 1. The molecular formula is C13H10Cl2N2OS. The lowest BCUT2D eigenvalue weighted by molar-refractivity contribution is 0.100. The number of benzene rings is 2. The van der Waals surface area contributed by atoms with Crippen LogP contribution in [-0.4, -0.2) is 5.91 Å². The molecular weight excluding hydrogens is 303 g/mol. The van der Waals surface area contributed by atoms with E-state index < -0.39 is 5.91 Å². The summed E-state index contributed by atoms with van der Waals surface area (Å²) in [5.41, 5.74) is 11.6. The van der Waals surface area contributed by atoms with Gasteiger partial charge in [-0.15, -0.1) is 0 Å². The van der Waals surface area contributed by atoms with Gasteiger partial charge in [-0.1, -0.05) is 35.0 Å². The molecule has 0 unspecified atom stereocenters. The van der Waals surface area contributed by atoms with Crippen molar-refractivity contribution in [2.75, 3.05) is 5.73 Å². The van der Waals surface area contributed by atoms with Crippen molar-refractivity contribution >= 4 is 46.6 Å². The van der Waals surface area contributed by atoms with Crippen LogP contribution in [0.15, 0.2) is 46.2 Å². The number of hydrogen-bond acceptors (Lipinski definition) is 3. The van der Waals surface area contributed by atoms with Gasteiger partial charge in [0.1, 0.15) is 0 Å². The zero-order valence-corrected chi connectivity index (χ0v) is 12.0. The lowest BCUT2D eigenvalue weighted by atomic mass is 10.2. The molecule has 0 fully saturated rings. The van der Waals surface area contributed by atoms with Crippen LogP contribution in [-0.2, 0) is 0 Å². The minimum Gasteiger partial charge on any atom is -0.398 e. The zero-order chi connectivity index (χ0) is 14.0. The van der Waals surface area contributed by atoms with Gasteiger partial charge in [0.2, 0.25) is 0 Å². The molecule has 0 aliphatic carbocycles. The highest BCUT2D eigenvalue weighted by atomic mass is 35.5. The minimum atomic E-state index is -0.547. The van der Waals surface area contributed by atoms with Crippen LogP contribution in [0.5, 0.6) is 0 Å². The van der Waals surface area contributed by atoms with E-state index in [0.29, 0.717) is 21.3 Å². The lowest BCUT2D eigenvalue weighted by Crippen LogP contribution is -2.13.